The minimum Gasteiger partial charge on any atom is -0.491 e. The smallest absolute Gasteiger partial charge is 0.251 e. The number of hydrogen-bond donors (Lipinski definition) is 0. The molecule has 0 N–H and O–H groups in total. The fraction of sp³-hybridized carbons (Fsp3) is 0.273. The summed E-state index contributed by atoms with van der Waals surface area (Å²) < 4.78 is 10.7. The van der Waals surface area contributed by atoms with E-state index >= 15 is 0 Å². The number of para-hydroxylation sites is 1. The third-order valence-electron chi connectivity index (χ3n) is 5.57. The lowest BCUT2D eigenvalue weighted by atomic mass is 10.2. The minimum absolute atomic E-state index is 0.212. The number of rotatable bonds is 6. The second-order valence-corrected chi connectivity index (χ2v) is 7.54. The summed E-state index contributed by atoms with van der Waals surface area (Å²) in [7, 11) is 1.48. The number of methoxy groups -OCH3 is 1. The molecule has 3 heterocycles. The van der Waals surface area contributed by atoms with Gasteiger partial charge in [-0.15, -0.1) is 0 Å². The van der Waals surface area contributed by atoms with Crippen LogP contribution in [0, 0.1) is 5.92 Å². The van der Waals surface area contributed by atoms with Crippen LogP contribution >= 0.6 is 0 Å². The molecule has 5 rings (SSSR count). The highest BCUT2D eigenvalue weighted by molar-refractivity contribution is 5.59. The molecule has 1 saturated carbocycles. The van der Waals surface area contributed by atoms with Crippen molar-refractivity contribution in [3.63, 3.8) is 0 Å². The summed E-state index contributed by atoms with van der Waals surface area (Å²) >= 11 is 0. The molecule has 1 aromatic carbocycles. The minimum atomic E-state index is -0.287. The molecule has 0 radical (unpaired) electrons. The molecule has 0 aliphatic heterocycles. The molecular formula is C22H22N6O2. The monoisotopic (exact) mass is 402 g/mol. The molecule has 0 bridgehead atoms. The van der Waals surface area contributed by atoms with E-state index in [9.17, 15) is 4.79 Å². The Morgan fingerprint density at radius 3 is 2.60 bits per heavy atom. The Hall–Kier alpha value is -3.68. The largest absolute Gasteiger partial charge is 0.491 e. The van der Waals surface area contributed by atoms with Crippen molar-refractivity contribution in [3.8, 4) is 28.5 Å². The second-order valence-electron chi connectivity index (χ2n) is 7.54. The molecule has 3 aromatic heterocycles. The van der Waals surface area contributed by atoms with Crippen molar-refractivity contribution < 1.29 is 4.74 Å². The first-order valence-corrected chi connectivity index (χ1v) is 9.98. The van der Waals surface area contributed by atoms with E-state index in [0.717, 1.165) is 11.4 Å². The van der Waals surface area contributed by atoms with Gasteiger partial charge in [0.25, 0.3) is 5.43 Å². The molecule has 0 saturated heterocycles. The Bertz CT molecular complexity index is 1240. The Balaban J connectivity index is 1.61. The van der Waals surface area contributed by atoms with Crippen molar-refractivity contribution >= 4 is 0 Å². The van der Waals surface area contributed by atoms with Crippen LogP contribution in [0.2, 0.25) is 0 Å². The fourth-order valence-electron chi connectivity index (χ4n) is 3.63. The molecule has 0 spiro atoms. The molecule has 152 valence electrons. The van der Waals surface area contributed by atoms with Crippen LogP contribution in [0.5, 0.6) is 5.75 Å². The first-order chi connectivity index (χ1) is 14.7. The maximum absolute atomic E-state index is 13.0. The van der Waals surface area contributed by atoms with Gasteiger partial charge in [-0.3, -0.25) is 9.48 Å². The van der Waals surface area contributed by atoms with E-state index in [1.807, 2.05) is 41.2 Å². The van der Waals surface area contributed by atoms with E-state index < -0.39 is 0 Å². The van der Waals surface area contributed by atoms with Gasteiger partial charge in [-0.05, 0) is 43.9 Å². The molecule has 0 amide bonds. The summed E-state index contributed by atoms with van der Waals surface area (Å²) in [6, 6.07) is 11.8. The molecule has 1 unspecified atom stereocenters. The van der Waals surface area contributed by atoms with Crippen LogP contribution in [-0.4, -0.2) is 36.5 Å². The molecular weight excluding hydrogens is 380 g/mol. The first kappa shape index (κ1) is 18.4. The van der Waals surface area contributed by atoms with Gasteiger partial charge in [-0.1, -0.05) is 18.2 Å². The molecule has 4 aromatic rings. The van der Waals surface area contributed by atoms with Gasteiger partial charge < -0.3 is 4.74 Å². The number of ether oxygens (including phenoxy) is 1. The van der Waals surface area contributed by atoms with Crippen LogP contribution in [0.15, 0.2) is 66.0 Å². The zero-order valence-corrected chi connectivity index (χ0v) is 16.8. The number of hydrogen-bond acceptors (Lipinski definition) is 5. The Morgan fingerprint density at radius 2 is 1.87 bits per heavy atom. The molecule has 1 aliphatic rings. The van der Waals surface area contributed by atoms with Gasteiger partial charge in [0.05, 0.1) is 49.3 Å². The highest BCUT2D eigenvalue weighted by atomic mass is 16.5. The maximum Gasteiger partial charge on any atom is 0.251 e. The summed E-state index contributed by atoms with van der Waals surface area (Å²) in [6.07, 6.45) is 9.45. The van der Waals surface area contributed by atoms with Gasteiger partial charge in [-0.25, -0.2) is 9.36 Å². The Kier molecular flexibility index (Phi) is 4.46. The lowest BCUT2D eigenvalue weighted by molar-refractivity contribution is 0.405. The third-order valence-corrected chi connectivity index (χ3v) is 5.57. The van der Waals surface area contributed by atoms with E-state index in [1.54, 1.807) is 34.0 Å². The van der Waals surface area contributed by atoms with Crippen molar-refractivity contribution in [2.75, 3.05) is 7.11 Å². The standard InChI is InChI=1S/C22H22N6O2/c1-15(16-8-9-16)26-13-18(12-24-26)27-14-20(30-2)22(29)21(25-27)19-10-11-23-28(19)17-6-4-3-5-7-17/h3-7,10-16H,8-9H2,1-2H3. The van der Waals surface area contributed by atoms with Crippen LogP contribution in [0.4, 0.5) is 0 Å². The molecule has 1 atom stereocenters. The quantitative estimate of drug-likeness (QED) is 0.495. The van der Waals surface area contributed by atoms with E-state index in [2.05, 4.69) is 22.2 Å². The van der Waals surface area contributed by atoms with Crippen molar-refractivity contribution in [1.82, 2.24) is 29.3 Å². The summed E-state index contributed by atoms with van der Waals surface area (Å²) in [4.78, 5) is 13.0. The van der Waals surface area contributed by atoms with Crippen molar-refractivity contribution in [2.24, 2.45) is 5.92 Å². The van der Waals surface area contributed by atoms with Crippen molar-refractivity contribution in [3.05, 3.63) is 71.4 Å². The second kappa shape index (κ2) is 7.29. The van der Waals surface area contributed by atoms with E-state index in [-0.39, 0.29) is 16.9 Å². The summed E-state index contributed by atoms with van der Waals surface area (Å²) in [5, 5.41) is 13.5. The zero-order chi connectivity index (χ0) is 20.7. The van der Waals surface area contributed by atoms with E-state index in [1.165, 1.54) is 20.0 Å². The summed E-state index contributed by atoms with van der Waals surface area (Å²) in [5.74, 6) is 0.897. The molecule has 8 heteroatoms. The van der Waals surface area contributed by atoms with Gasteiger partial charge in [-0.2, -0.15) is 15.3 Å². The summed E-state index contributed by atoms with van der Waals surface area (Å²) in [6.45, 7) is 2.18. The number of benzene rings is 1. The topological polar surface area (TPSA) is 79.8 Å². The van der Waals surface area contributed by atoms with Crippen LogP contribution in [-0.2, 0) is 0 Å². The number of nitrogens with zero attached hydrogens (tertiary/aromatic N) is 6. The Labute approximate surface area is 173 Å². The van der Waals surface area contributed by atoms with Crippen LogP contribution in [0.3, 0.4) is 0 Å². The van der Waals surface area contributed by atoms with Gasteiger partial charge in [0.1, 0.15) is 5.69 Å². The van der Waals surface area contributed by atoms with Gasteiger partial charge in [0, 0.05) is 0 Å². The Morgan fingerprint density at radius 1 is 1.07 bits per heavy atom. The predicted molar refractivity (Wildman–Crippen MR) is 112 cm³/mol. The zero-order valence-electron chi connectivity index (χ0n) is 16.8. The predicted octanol–water partition coefficient (Wildman–Crippen LogP) is 3.26. The van der Waals surface area contributed by atoms with Gasteiger partial charge in [0.15, 0.2) is 11.4 Å². The third kappa shape index (κ3) is 3.20. The van der Waals surface area contributed by atoms with Gasteiger partial charge in [0.2, 0.25) is 0 Å². The lowest BCUT2D eigenvalue weighted by Gasteiger charge is -2.11. The van der Waals surface area contributed by atoms with Crippen LogP contribution < -0.4 is 10.2 Å². The average Bonchev–Trinajstić information content (AvgIpc) is 3.31. The van der Waals surface area contributed by atoms with Crippen molar-refractivity contribution in [1.29, 1.82) is 0 Å². The SMILES string of the molecule is COc1cn(-c2cnn(C(C)C3CC3)c2)nc(-c2ccnn2-c2ccccc2)c1=O. The van der Waals surface area contributed by atoms with E-state index in [4.69, 9.17) is 4.74 Å². The number of aromatic nitrogens is 6. The average molecular weight is 402 g/mol. The van der Waals surface area contributed by atoms with Crippen LogP contribution in [0.25, 0.3) is 22.8 Å². The molecule has 1 aliphatic carbocycles. The summed E-state index contributed by atoms with van der Waals surface area (Å²) in [5.41, 5.74) is 2.19. The lowest BCUT2D eigenvalue weighted by Crippen LogP contribution is -2.17. The normalized spacial score (nSPS) is 14.6. The highest BCUT2D eigenvalue weighted by Gasteiger charge is 2.29. The van der Waals surface area contributed by atoms with Gasteiger partial charge >= 0.3 is 0 Å². The first-order valence-electron chi connectivity index (χ1n) is 9.98. The molecule has 30 heavy (non-hydrogen) atoms. The van der Waals surface area contributed by atoms with E-state index in [0.29, 0.717) is 17.7 Å². The van der Waals surface area contributed by atoms with Crippen molar-refractivity contribution in [2.45, 2.75) is 25.8 Å². The fourth-order valence-corrected chi connectivity index (χ4v) is 3.63. The highest BCUT2D eigenvalue weighted by Crippen LogP contribution is 2.39. The maximum atomic E-state index is 13.0. The van der Waals surface area contributed by atoms with Crippen LogP contribution in [0.1, 0.15) is 25.8 Å². The molecule has 1 fully saturated rings. The molecule has 8 nitrogen and oxygen atoms in total.